The number of rotatable bonds is 11. The summed E-state index contributed by atoms with van der Waals surface area (Å²) in [5.41, 5.74) is 4.59. The van der Waals surface area contributed by atoms with E-state index in [1.807, 2.05) is 85.8 Å². The molecule has 4 aromatic carbocycles. The zero-order valence-electron chi connectivity index (χ0n) is 22.7. The van der Waals surface area contributed by atoms with Gasteiger partial charge in [0.25, 0.3) is 5.91 Å². The lowest BCUT2D eigenvalue weighted by atomic mass is 9.88. The molecule has 0 bridgehead atoms. The third-order valence-electron chi connectivity index (χ3n) is 7.11. The van der Waals surface area contributed by atoms with E-state index in [0.29, 0.717) is 36.7 Å². The van der Waals surface area contributed by atoms with Crippen molar-refractivity contribution in [2.45, 2.75) is 32.1 Å². The Morgan fingerprint density at radius 1 is 0.900 bits per heavy atom. The quantitative estimate of drug-likeness (QED) is 0.216. The molecule has 0 saturated heterocycles. The largest absolute Gasteiger partial charge is 0.493 e. The summed E-state index contributed by atoms with van der Waals surface area (Å²) >= 11 is 0. The van der Waals surface area contributed by atoms with Gasteiger partial charge in [-0.3, -0.25) is 9.59 Å². The highest BCUT2D eigenvalue weighted by molar-refractivity contribution is 5.99. The van der Waals surface area contributed by atoms with E-state index in [-0.39, 0.29) is 24.3 Å². The first kappa shape index (κ1) is 27.0. The fourth-order valence-electron chi connectivity index (χ4n) is 4.99. The minimum absolute atomic E-state index is 0.00818. The first-order valence-corrected chi connectivity index (χ1v) is 13.7. The van der Waals surface area contributed by atoms with E-state index in [1.54, 1.807) is 4.90 Å². The number of carbonyl (C=O) groups excluding carboxylic acids is 2. The Labute approximate surface area is 235 Å². The number of aryl methyl sites for hydroxylation is 1. The van der Waals surface area contributed by atoms with Crippen molar-refractivity contribution in [3.8, 4) is 11.5 Å². The summed E-state index contributed by atoms with van der Waals surface area (Å²) in [6.07, 6.45) is 1.89. The van der Waals surface area contributed by atoms with Gasteiger partial charge in [-0.25, -0.2) is 0 Å². The highest BCUT2D eigenvalue weighted by Gasteiger charge is 2.26. The lowest BCUT2D eigenvalue weighted by Crippen LogP contribution is -2.39. The molecule has 0 aliphatic carbocycles. The Bertz CT molecular complexity index is 1400. The van der Waals surface area contributed by atoms with E-state index < -0.39 is 0 Å². The molecule has 0 spiro atoms. The first-order chi connectivity index (χ1) is 19.6. The predicted molar refractivity (Wildman–Crippen MR) is 158 cm³/mol. The Morgan fingerprint density at radius 2 is 1.57 bits per heavy atom. The van der Waals surface area contributed by atoms with E-state index in [1.165, 1.54) is 0 Å². The van der Waals surface area contributed by atoms with Crippen LogP contribution in [0.5, 0.6) is 11.5 Å². The molecule has 0 unspecified atom stereocenters. The van der Waals surface area contributed by atoms with Crippen LogP contribution in [0.15, 0.2) is 103 Å². The van der Waals surface area contributed by atoms with Gasteiger partial charge in [0.05, 0.1) is 12.3 Å². The fourth-order valence-corrected chi connectivity index (χ4v) is 4.99. The fraction of sp³-hybridized carbons (Fsp3) is 0.235. The molecule has 40 heavy (non-hydrogen) atoms. The number of carbonyl (C=O) groups is 2. The maximum Gasteiger partial charge on any atom is 0.265 e. The third-order valence-corrected chi connectivity index (χ3v) is 7.11. The average molecular weight is 535 g/mol. The van der Waals surface area contributed by atoms with Gasteiger partial charge in [-0.05, 0) is 60.7 Å². The molecule has 4 aromatic rings. The second-order valence-electron chi connectivity index (χ2n) is 9.96. The topological polar surface area (TPSA) is 67.9 Å². The Balaban J connectivity index is 1.23. The monoisotopic (exact) mass is 534 g/mol. The predicted octanol–water partition coefficient (Wildman–Crippen LogP) is 6.74. The van der Waals surface area contributed by atoms with Gasteiger partial charge in [0, 0.05) is 24.6 Å². The number of ether oxygens (including phenoxy) is 2. The number of hydrogen-bond donors (Lipinski definition) is 1. The molecule has 0 atom stereocenters. The first-order valence-electron chi connectivity index (χ1n) is 13.7. The van der Waals surface area contributed by atoms with Crippen LogP contribution in [-0.4, -0.2) is 31.6 Å². The van der Waals surface area contributed by atoms with Crippen LogP contribution in [-0.2, 0) is 9.59 Å². The molecule has 6 heteroatoms. The molecule has 0 radical (unpaired) electrons. The summed E-state index contributed by atoms with van der Waals surface area (Å²) in [6.45, 7) is 3.16. The molecular formula is C34H34N2O4. The minimum atomic E-state index is -0.0967. The summed E-state index contributed by atoms with van der Waals surface area (Å²) in [5, 5.41) is 3.04. The molecule has 6 nitrogen and oxygen atoms in total. The Kier molecular flexibility index (Phi) is 8.76. The highest BCUT2D eigenvalue weighted by atomic mass is 16.5. The maximum atomic E-state index is 13.2. The van der Waals surface area contributed by atoms with E-state index in [0.717, 1.165) is 35.3 Å². The molecule has 0 saturated carbocycles. The molecule has 2 amide bonds. The van der Waals surface area contributed by atoms with Crippen LogP contribution in [0.3, 0.4) is 0 Å². The summed E-state index contributed by atoms with van der Waals surface area (Å²) in [4.78, 5) is 27.7. The van der Waals surface area contributed by atoms with Gasteiger partial charge in [0.1, 0.15) is 11.5 Å². The smallest absolute Gasteiger partial charge is 0.265 e. The van der Waals surface area contributed by atoms with Crippen LogP contribution in [0.4, 0.5) is 11.4 Å². The molecule has 1 aliphatic rings. The van der Waals surface area contributed by atoms with Crippen molar-refractivity contribution in [1.29, 1.82) is 0 Å². The third kappa shape index (κ3) is 6.70. The zero-order chi connectivity index (χ0) is 27.7. The van der Waals surface area contributed by atoms with Crippen molar-refractivity contribution < 1.29 is 19.1 Å². The average Bonchev–Trinajstić information content (AvgIpc) is 2.98. The van der Waals surface area contributed by atoms with Gasteiger partial charge >= 0.3 is 0 Å². The minimum Gasteiger partial charge on any atom is -0.493 e. The summed E-state index contributed by atoms with van der Waals surface area (Å²) in [5.74, 6) is 1.27. The van der Waals surface area contributed by atoms with Gasteiger partial charge in [-0.2, -0.15) is 0 Å². The van der Waals surface area contributed by atoms with Crippen LogP contribution < -0.4 is 19.7 Å². The van der Waals surface area contributed by atoms with Gasteiger partial charge in [0.2, 0.25) is 5.91 Å². The van der Waals surface area contributed by atoms with Crippen molar-refractivity contribution >= 4 is 23.2 Å². The number of benzene rings is 4. The van der Waals surface area contributed by atoms with Crippen molar-refractivity contribution in [2.75, 3.05) is 30.0 Å². The van der Waals surface area contributed by atoms with E-state index in [4.69, 9.17) is 9.47 Å². The van der Waals surface area contributed by atoms with Crippen LogP contribution in [0.2, 0.25) is 0 Å². The van der Waals surface area contributed by atoms with Gasteiger partial charge in [-0.15, -0.1) is 0 Å². The number of unbranched alkanes of at least 4 members (excludes halogenated alkanes) is 1. The van der Waals surface area contributed by atoms with Crippen LogP contribution in [0.25, 0.3) is 0 Å². The summed E-state index contributed by atoms with van der Waals surface area (Å²) in [7, 11) is 0. The number of hydrogen-bond acceptors (Lipinski definition) is 4. The number of anilines is 2. The lowest BCUT2D eigenvalue weighted by Gasteiger charge is -2.30. The standard InChI is InChI=1S/C34H34N2O4/c1-25-12-8-9-17-31(25)39-21-11-10-20-36-30-22-28(18-19-32(30)40-24-34(36)38)35-33(37)23-29(26-13-4-2-5-14-26)27-15-6-3-7-16-27/h2-9,12-19,22,29H,10-11,20-21,23-24H2,1H3,(H,35,37). The van der Waals surface area contributed by atoms with Crippen molar-refractivity contribution in [3.63, 3.8) is 0 Å². The van der Waals surface area contributed by atoms with Gasteiger partial charge in [-0.1, -0.05) is 78.9 Å². The second kappa shape index (κ2) is 13.0. The second-order valence-corrected chi connectivity index (χ2v) is 9.96. The van der Waals surface area contributed by atoms with Crippen molar-refractivity contribution in [3.05, 3.63) is 120 Å². The number of nitrogens with one attached hydrogen (secondary N) is 1. The molecular weight excluding hydrogens is 500 g/mol. The molecule has 204 valence electrons. The zero-order valence-corrected chi connectivity index (χ0v) is 22.7. The Morgan fingerprint density at radius 3 is 2.27 bits per heavy atom. The van der Waals surface area contributed by atoms with Crippen molar-refractivity contribution in [1.82, 2.24) is 0 Å². The van der Waals surface area contributed by atoms with E-state index >= 15 is 0 Å². The number of amides is 2. The highest BCUT2D eigenvalue weighted by Crippen LogP contribution is 2.35. The molecule has 1 N–H and O–H groups in total. The summed E-state index contributed by atoms with van der Waals surface area (Å²) in [6, 6.07) is 33.5. The number of para-hydroxylation sites is 1. The van der Waals surface area contributed by atoms with Crippen LogP contribution >= 0.6 is 0 Å². The molecule has 5 rings (SSSR count). The van der Waals surface area contributed by atoms with Gasteiger partial charge < -0.3 is 19.7 Å². The van der Waals surface area contributed by atoms with Crippen LogP contribution in [0.1, 0.15) is 41.9 Å². The van der Waals surface area contributed by atoms with Crippen LogP contribution in [0, 0.1) is 6.92 Å². The van der Waals surface area contributed by atoms with Crippen molar-refractivity contribution in [2.24, 2.45) is 0 Å². The molecule has 0 aromatic heterocycles. The van der Waals surface area contributed by atoms with E-state index in [9.17, 15) is 9.59 Å². The van der Waals surface area contributed by atoms with Gasteiger partial charge in [0.15, 0.2) is 6.61 Å². The Hall–Kier alpha value is -4.58. The molecule has 1 aliphatic heterocycles. The normalized spacial score (nSPS) is 12.6. The number of fused-ring (bicyclic) bond motifs is 1. The molecule has 0 fully saturated rings. The summed E-state index contributed by atoms with van der Waals surface area (Å²) < 4.78 is 11.6. The van der Waals surface area contributed by atoms with E-state index in [2.05, 4.69) is 29.6 Å². The molecule has 1 heterocycles. The maximum absolute atomic E-state index is 13.2. The SMILES string of the molecule is Cc1ccccc1OCCCCN1C(=O)COc2ccc(NC(=O)CC(c3ccccc3)c3ccccc3)cc21. The number of nitrogens with zero attached hydrogens (tertiary/aromatic N) is 1. The lowest BCUT2D eigenvalue weighted by molar-refractivity contribution is -0.121.